The molecule has 0 bridgehead atoms. The normalized spacial score (nSPS) is 17.7. The lowest BCUT2D eigenvalue weighted by Gasteiger charge is -2.28. The first kappa shape index (κ1) is 13.4. The van der Waals surface area contributed by atoms with Crippen molar-refractivity contribution >= 4 is 17.9 Å². The van der Waals surface area contributed by atoms with Crippen molar-refractivity contribution in [2.24, 2.45) is 11.8 Å². The van der Waals surface area contributed by atoms with Crippen LogP contribution in [0, 0.1) is 5.92 Å². The second-order valence-electron chi connectivity index (χ2n) is 4.70. The molecular weight excluding hydrogens is 246 g/mol. The predicted octanol–water partition coefficient (Wildman–Crippen LogP) is 2.03. The number of nitrogens with two attached hydrogens (primary N) is 1. The van der Waals surface area contributed by atoms with Crippen molar-refractivity contribution in [1.82, 2.24) is 9.73 Å². The Bertz CT molecular complexity index is 416. The number of nitrogens with zero attached hydrogens (tertiary/aromatic N) is 1. The largest absolute Gasteiger partial charge is 0.290 e. The van der Waals surface area contributed by atoms with Crippen molar-refractivity contribution in [3.63, 3.8) is 0 Å². The van der Waals surface area contributed by atoms with Crippen LogP contribution in [-0.2, 0) is 0 Å². The van der Waals surface area contributed by atoms with Crippen LogP contribution < -0.4 is 11.3 Å². The Hall–Kier alpha value is -1.04. The van der Waals surface area contributed by atoms with Gasteiger partial charge in [-0.3, -0.25) is 10.2 Å². The van der Waals surface area contributed by atoms with Gasteiger partial charge in [-0.2, -0.15) is 0 Å². The zero-order chi connectivity index (χ0) is 13.0. The number of benzene rings is 1. The quantitative estimate of drug-likeness (QED) is 0.380. The van der Waals surface area contributed by atoms with Gasteiger partial charge in [0.2, 0.25) is 0 Å². The topological polar surface area (TPSA) is 58.4 Å². The van der Waals surface area contributed by atoms with Gasteiger partial charge in [0.05, 0.1) is 0 Å². The summed E-state index contributed by atoms with van der Waals surface area (Å²) >= 11 is 1.72. The van der Waals surface area contributed by atoms with E-state index >= 15 is 0 Å². The lowest BCUT2D eigenvalue weighted by Crippen LogP contribution is -2.30. The second-order valence-corrected chi connectivity index (χ2v) is 5.87. The maximum absolute atomic E-state index is 11.4. The molecule has 1 heterocycles. The van der Waals surface area contributed by atoms with Crippen LogP contribution in [0.3, 0.4) is 0 Å². The molecule has 1 fully saturated rings. The Morgan fingerprint density at radius 1 is 1.44 bits per heavy atom. The average molecular weight is 265 g/mol. The fraction of sp³-hybridized carbons (Fsp3) is 0.462. The summed E-state index contributed by atoms with van der Waals surface area (Å²) in [5, 5.41) is 0. The van der Waals surface area contributed by atoms with Gasteiger partial charge in [-0.15, -0.1) is 0 Å². The average Bonchev–Trinajstić information content (AvgIpc) is 2.41. The highest BCUT2D eigenvalue weighted by Crippen LogP contribution is 2.28. The van der Waals surface area contributed by atoms with Crippen LogP contribution in [0.1, 0.15) is 30.1 Å². The van der Waals surface area contributed by atoms with E-state index in [1.165, 1.54) is 12.8 Å². The number of amides is 1. The molecule has 0 aromatic heterocycles. The Morgan fingerprint density at radius 3 is 2.83 bits per heavy atom. The number of carbonyl (C=O) groups excluding carboxylic acids is 1. The third kappa shape index (κ3) is 3.48. The summed E-state index contributed by atoms with van der Waals surface area (Å²) in [6.07, 6.45) is 2.49. The Balaban J connectivity index is 1.99. The fourth-order valence-electron chi connectivity index (χ4n) is 2.00. The molecule has 1 aliphatic heterocycles. The van der Waals surface area contributed by atoms with Crippen molar-refractivity contribution in [3.8, 4) is 0 Å². The van der Waals surface area contributed by atoms with Crippen LogP contribution in [0.15, 0.2) is 29.2 Å². The van der Waals surface area contributed by atoms with E-state index < -0.39 is 0 Å². The third-order valence-electron chi connectivity index (χ3n) is 3.20. The van der Waals surface area contributed by atoms with Crippen molar-refractivity contribution in [2.45, 2.75) is 24.7 Å². The molecule has 1 saturated heterocycles. The summed E-state index contributed by atoms with van der Waals surface area (Å²) in [7, 11) is 0. The predicted molar refractivity (Wildman–Crippen MR) is 73.9 cm³/mol. The molecule has 4 nitrogen and oxygen atoms in total. The maximum Gasteiger partial charge on any atom is 0.265 e. The lowest BCUT2D eigenvalue weighted by molar-refractivity contribution is 0.0953. The molecule has 2 rings (SSSR count). The summed E-state index contributed by atoms with van der Waals surface area (Å²) in [4.78, 5) is 12.5. The van der Waals surface area contributed by atoms with E-state index in [1.54, 1.807) is 18.0 Å². The first-order chi connectivity index (χ1) is 8.69. The maximum atomic E-state index is 11.4. The van der Waals surface area contributed by atoms with Crippen molar-refractivity contribution in [3.05, 3.63) is 29.8 Å². The van der Waals surface area contributed by atoms with E-state index in [4.69, 9.17) is 5.84 Å². The van der Waals surface area contributed by atoms with Gasteiger partial charge in [0, 0.05) is 23.5 Å². The molecule has 5 heteroatoms. The van der Waals surface area contributed by atoms with E-state index in [1.807, 2.05) is 18.2 Å². The fourth-order valence-corrected chi connectivity index (χ4v) is 3.01. The van der Waals surface area contributed by atoms with Gasteiger partial charge < -0.3 is 0 Å². The van der Waals surface area contributed by atoms with Crippen molar-refractivity contribution < 1.29 is 4.79 Å². The smallest absolute Gasteiger partial charge is 0.265 e. The van der Waals surface area contributed by atoms with Gasteiger partial charge in [-0.25, -0.2) is 10.1 Å². The molecule has 0 atom stereocenters. The van der Waals surface area contributed by atoms with Gasteiger partial charge >= 0.3 is 0 Å². The molecule has 98 valence electrons. The monoisotopic (exact) mass is 265 g/mol. The van der Waals surface area contributed by atoms with Gasteiger partial charge in [0.1, 0.15) is 0 Å². The molecule has 0 saturated carbocycles. The van der Waals surface area contributed by atoms with Crippen LogP contribution in [0.2, 0.25) is 0 Å². The number of nitrogens with one attached hydrogen (secondary N) is 1. The first-order valence-electron chi connectivity index (χ1n) is 6.23. The Morgan fingerprint density at radius 2 is 2.17 bits per heavy atom. The van der Waals surface area contributed by atoms with E-state index in [0.29, 0.717) is 5.56 Å². The van der Waals surface area contributed by atoms with E-state index in [0.717, 1.165) is 23.9 Å². The zero-order valence-electron chi connectivity index (χ0n) is 10.6. The molecule has 1 aromatic carbocycles. The molecule has 1 amide bonds. The number of piperidine rings is 1. The van der Waals surface area contributed by atoms with Crippen molar-refractivity contribution in [1.29, 1.82) is 0 Å². The van der Waals surface area contributed by atoms with E-state index in [2.05, 4.69) is 16.7 Å². The summed E-state index contributed by atoms with van der Waals surface area (Å²) in [6, 6.07) is 7.56. The van der Waals surface area contributed by atoms with Crippen molar-refractivity contribution in [2.75, 3.05) is 13.1 Å². The lowest BCUT2D eigenvalue weighted by atomic mass is 10.0. The minimum absolute atomic E-state index is 0.246. The first-order valence-corrected chi connectivity index (χ1v) is 7.00. The number of hydrogen-bond donors (Lipinski definition) is 2. The van der Waals surface area contributed by atoms with Crippen LogP contribution in [0.25, 0.3) is 0 Å². The number of carbonyl (C=O) groups is 1. The Kier molecular flexibility index (Phi) is 4.63. The van der Waals surface area contributed by atoms with Crippen LogP contribution >= 0.6 is 11.9 Å². The standard InChI is InChI=1S/C13H19N3OS/c1-10-5-7-16(8-6-10)18-12-4-2-3-11(9-12)13(17)15-14/h2-4,9-10H,5-8,14H2,1H3,(H,15,17). The van der Waals surface area contributed by atoms with Crippen LogP contribution in [-0.4, -0.2) is 23.3 Å². The minimum atomic E-state index is -0.246. The summed E-state index contributed by atoms with van der Waals surface area (Å²) in [5.74, 6) is 5.72. The van der Waals surface area contributed by atoms with Crippen LogP contribution in [0.5, 0.6) is 0 Å². The third-order valence-corrected chi connectivity index (χ3v) is 4.29. The van der Waals surface area contributed by atoms with Crippen LogP contribution in [0.4, 0.5) is 0 Å². The zero-order valence-corrected chi connectivity index (χ0v) is 11.4. The molecule has 0 aliphatic carbocycles. The molecule has 0 unspecified atom stereocenters. The van der Waals surface area contributed by atoms with Gasteiger partial charge in [0.25, 0.3) is 5.91 Å². The molecule has 18 heavy (non-hydrogen) atoms. The molecule has 1 aliphatic rings. The SMILES string of the molecule is CC1CCN(Sc2cccc(C(=O)NN)c2)CC1. The summed E-state index contributed by atoms with van der Waals surface area (Å²) < 4.78 is 2.36. The highest BCUT2D eigenvalue weighted by Gasteiger charge is 2.16. The summed E-state index contributed by atoms with van der Waals surface area (Å²) in [5.41, 5.74) is 2.76. The van der Waals surface area contributed by atoms with Gasteiger partial charge in [-0.05, 0) is 48.9 Å². The molecule has 0 radical (unpaired) electrons. The second kappa shape index (κ2) is 6.22. The van der Waals surface area contributed by atoms with Gasteiger partial charge in [0.15, 0.2) is 0 Å². The highest BCUT2D eigenvalue weighted by molar-refractivity contribution is 7.97. The van der Waals surface area contributed by atoms with E-state index in [-0.39, 0.29) is 5.91 Å². The number of hydrazine groups is 1. The number of rotatable bonds is 3. The van der Waals surface area contributed by atoms with E-state index in [9.17, 15) is 4.79 Å². The minimum Gasteiger partial charge on any atom is -0.290 e. The summed E-state index contributed by atoms with van der Waals surface area (Å²) in [6.45, 7) is 4.52. The molecule has 0 spiro atoms. The molecule has 1 aromatic rings. The van der Waals surface area contributed by atoms with Gasteiger partial charge in [-0.1, -0.05) is 13.0 Å². The number of hydrogen-bond acceptors (Lipinski definition) is 4. The molecular formula is C13H19N3OS. The number of nitrogen functional groups attached to an aromatic ring is 1. The molecule has 3 N–H and O–H groups in total. The Labute approximate surface area is 112 Å². The highest BCUT2D eigenvalue weighted by atomic mass is 32.2.